The molecule has 0 heterocycles. The molecule has 2 radical (unpaired) electrons. The first-order valence-electron chi connectivity index (χ1n) is 4.39. The van der Waals surface area contributed by atoms with Crippen molar-refractivity contribution in [1.82, 2.24) is 0 Å². The van der Waals surface area contributed by atoms with Gasteiger partial charge in [-0.05, 0) is 30.5 Å². The molecular formula is C10H10BNO. The maximum absolute atomic E-state index is 11.5. The van der Waals surface area contributed by atoms with E-state index in [9.17, 15) is 4.79 Å². The maximum atomic E-state index is 11.5. The molecule has 0 bridgehead atoms. The number of fused-ring (bicyclic) bond motifs is 1. The minimum Gasteiger partial charge on any atom is -0.399 e. The van der Waals surface area contributed by atoms with E-state index in [1.807, 2.05) is 6.07 Å². The summed E-state index contributed by atoms with van der Waals surface area (Å²) < 4.78 is 0. The molecule has 1 aliphatic carbocycles. The van der Waals surface area contributed by atoms with Crippen molar-refractivity contribution in [3.63, 3.8) is 0 Å². The highest BCUT2D eigenvalue weighted by atomic mass is 16.1. The van der Waals surface area contributed by atoms with Crippen LogP contribution in [0.3, 0.4) is 0 Å². The molecule has 2 nitrogen and oxygen atoms in total. The van der Waals surface area contributed by atoms with Gasteiger partial charge in [0.15, 0.2) is 5.78 Å². The Morgan fingerprint density at radius 1 is 1.31 bits per heavy atom. The number of nitrogens with two attached hydrogens (primary N) is 1. The lowest BCUT2D eigenvalue weighted by Crippen LogP contribution is -2.23. The summed E-state index contributed by atoms with van der Waals surface area (Å²) in [6.45, 7) is 0. The van der Waals surface area contributed by atoms with Crippen LogP contribution in [0.2, 0.25) is 0 Å². The van der Waals surface area contributed by atoms with Crippen LogP contribution < -0.4 is 11.2 Å². The van der Waals surface area contributed by atoms with Crippen molar-refractivity contribution in [2.75, 3.05) is 5.73 Å². The second-order valence-electron chi connectivity index (χ2n) is 3.42. The van der Waals surface area contributed by atoms with E-state index in [1.165, 1.54) is 0 Å². The topological polar surface area (TPSA) is 43.1 Å². The molecule has 2 N–H and O–H groups in total. The Balaban J connectivity index is 2.63. The number of benzene rings is 1. The number of carbonyl (C=O) groups is 1. The van der Waals surface area contributed by atoms with Crippen LogP contribution in [0.15, 0.2) is 12.1 Å². The Kier molecular flexibility index (Phi) is 1.87. The first-order chi connectivity index (χ1) is 6.18. The lowest BCUT2D eigenvalue weighted by molar-refractivity contribution is 0.0974. The van der Waals surface area contributed by atoms with Crippen molar-refractivity contribution in [3.05, 3.63) is 23.3 Å². The van der Waals surface area contributed by atoms with E-state index in [0.29, 0.717) is 23.1 Å². The lowest BCUT2D eigenvalue weighted by Gasteiger charge is -2.17. The zero-order valence-electron chi connectivity index (χ0n) is 7.34. The maximum Gasteiger partial charge on any atom is 0.162 e. The fraction of sp³-hybridized carbons (Fsp3) is 0.300. The van der Waals surface area contributed by atoms with Crippen LogP contribution in [0.1, 0.15) is 28.8 Å². The van der Waals surface area contributed by atoms with Gasteiger partial charge in [-0.25, -0.2) is 0 Å². The molecule has 0 saturated carbocycles. The van der Waals surface area contributed by atoms with Crippen molar-refractivity contribution in [2.45, 2.75) is 19.3 Å². The Labute approximate surface area is 78.5 Å². The number of ketones is 1. The largest absolute Gasteiger partial charge is 0.399 e. The minimum absolute atomic E-state index is 0.152. The number of nitrogen functional groups attached to an aromatic ring is 1. The van der Waals surface area contributed by atoms with Crippen molar-refractivity contribution in [3.8, 4) is 0 Å². The predicted octanol–water partition coefficient (Wildman–Crippen LogP) is 0.582. The fourth-order valence-corrected chi connectivity index (χ4v) is 1.85. The molecule has 13 heavy (non-hydrogen) atoms. The average Bonchev–Trinajstić information content (AvgIpc) is 2.02. The van der Waals surface area contributed by atoms with Crippen LogP contribution in [0.25, 0.3) is 0 Å². The summed E-state index contributed by atoms with van der Waals surface area (Å²) in [5, 5.41) is 0. The highest BCUT2D eigenvalue weighted by Gasteiger charge is 2.18. The number of hydrogen-bond donors (Lipinski definition) is 1. The van der Waals surface area contributed by atoms with Gasteiger partial charge >= 0.3 is 0 Å². The van der Waals surface area contributed by atoms with Crippen molar-refractivity contribution >= 4 is 24.8 Å². The molecule has 0 spiro atoms. The van der Waals surface area contributed by atoms with E-state index < -0.39 is 0 Å². The van der Waals surface area contributed by atoms with Gasteiger partial charge in [-0.15, -0.1) is 0 Å². The van der Waals surface area contributed by atoms with E-state index in [2.05, 4.69) is 0 Å². The molecule has 1 aromatic rings. The summed E-state index contributed by atoms with van der Waals surface area (Å²) >= 11 is 0. The van der Waals surface area contributed by atoms with E-state index in [4.69, 9.17) is 13.6 Å². The average molecular weight is 171 g/mol. The van der Waals surface area contributed by atoms with Crippen LogP contribution >= 0.6 is 0 Å². The van der Waals surface area contributed by atoms with Crippen molar-refractivity contribution in [2.24, 2.45) is 0 Å². The standard InChI is InChI=1S/C10H10BNO/c11-8-5-7(12)4-6-2-1-3-9(13)10(6)8/h4-5H,1-3,12H2. The van der Waals surface area contributed by atoms with E-state index in [0.717, 1.165) is 18.4 Å². The SMILES string of the molecule is [B]c1cc(N)cc2c1C(=O)CCC2. The molecule has 64 valence electrons. The van der Waals surface area contributed by atoms with Crippen molar-refractivity contribution in [1.29, 1.82) is 0 Å². The van der Waals surface area contributed by atoms with Gasteiger partial charge in [-0.1, -0.05) is 5.46 Å². The summed E-state index contributed by atoms with van der Waals surface area (Å²) in [7, 11) is 5.73. The van der Waals surface area contributed by atoms with Gasteiger partial charge in [0.2, 0.25) is 0 Å². The van der Waals surface area contributed by atoms with E-state index >= 15 is 0 Å². The molecular weight excluding hydrogens is 161 g/mol. The van der Waals surface area contributed by atoms with Gasteiger partial charge in [-0.3, -0.25) is 4.79 Å². The second kappa shape index (κ2) is 2.91. The molecule has 0 saturated heterocycles. The number of carbonyl (C=O) groups excluding carboxylic acids is 1. The van der Waals surface area contributed by atoms with Gasteiger partial charge in [0.25, 0.3) is 0 Å². The monoisotopic (exact) mass is 171 g/mol. The number of anilines is 1. The van der Waals surface area contributed by atoms with Crippen LogP contribution in [-0.2, 0) is 6.42 Å². The Hall–Kier alpha value is -1.25. The summed E-state index contributed by atoms with van der Waals surface area (Å²) in [4.78, 5) is 11.5. The van der Waals surface area contributed by atoms with Crippen LogP contribution in [0, 0.1) is 0 Å². The Bertz CT molecular complexity index is 373. The normalized spacial score (nSPS) is 15.5. The first kappa shape index (κ1) is 8.36. The van der Waals surface area contributed by atoms with Gasteiger partial charge in [0.05, 0.1) is 0 Å². The molecule has 0 unspecified atom stereocenters. The van der Waals surface area contributed by atoms with E-state index in [1.54, 1.807) is 6.07 Å². The number of hydrogen-bond acceptors (Lipinski definition) is 2. The molecule has 0 atom stereocenters. The fourth-order valence-electron chi connectivity index (χ4n) is 1.85. The third kappa shape index (κ3) is 1.35. The molecule has 2 rings (SSSR count). The summed E-state index contributed by atoms with van der Waals surface area (Å²) in [6, 6.07) is 3.50. The van der Waals surface area contributed by atoms with Crippen LogP contribution in [0.4, 0.5) is 5.69 Å². The molecule has 1 aromatic carbocycles. The molecule has 1 aliphatic rings. The molecule has 3 heteroatoms. The van der Waals surface area contributed by atoms with Crippen molar-refractivity contribution < 1.29 is 4.79 Å². The van der Waals surface area contributed by atoms with E-state index in [-0.39, 0.29) is 5.78 Å². The summed E-state index contributed by atoms with van der Waals surface area (Å²) in [5.74, 6) is 0.152. The molecule has 0 aromatic heterocycles. The Morgan fingerprint density at radius 3 is 2.85 bits per heavy atom. The lowest BCUT2D eigenvalue weighted by atomic mass is 9.80. The quantitative estimate of drug-likeness (QED) is 0.458. The third-order valence-electron chi connectivity index (χ3n) is 2.40. The molecule has 0 aliphatic heterocycles. The minimum atomic E-state index is 0.152. The second-order valence-corrected chi connectivity index (χ2v) is 3.42. The smallest absolute Gasteiger partial charge is 0.162 e. The van der Waals surface area contributed by atoms with Gasteiger partial charge < -0.3 is 5.73 Å². The number of Topliss-reactive ketones (excluding diaryl/α,β-unsaturated/α-hetero) is 1. The zero-order chi connectivity index (χ0) is 9.42. The first-order valence-corrected chi connectivity index (χ1v) is 4.39. The van der Waals surface area contributed by atoms with Crippen LogP contribution in [-0.4, -0.2) is 13.6 Å². The summed E-state index contributed by atoms with van der Waals surface area (Å²) in [6.07, 6.45) is 2.44. The van der Waals surface area contributed by atoms with Gasteiger partial charge in [0.1, 0.15) is 7.85 Å². The van der Waals surface area contributed by atoms with Gasteiger partial charge in [-0.2, -0.15) is 0 Å². The Morgan fingerprint density at radius 2 is 2.08 bits per heavy atom. The van der Waals surface area contributed by atoms with Crippen LogP contribution in [0.5, 0.6) is 0 Å². The number of rotatable bonds is 0. The predicted molar refractivity (Wildman–Crippen MR) is 53.5 cm³/mol. The molecule has 0 fully saturated rings. The zero-order valence-corrected chi connectivity index (χ0v) is 7.34. The highest BCUT2D eigenvalue weighted by molar-refractivity contribution is 6.37. The third-order valence-corrected chi connectivity index (χ3v) is 2.40. The number of aryl methyl sites for hydroxylation is 1. The van der Waals surface area contributed by atoms with Gasteiger partial charge in [0, 0.05) is 17.7 Å². The highest BCUT2D eigenvalue weighted by Crippen LogP contribution is 2.21. The summed E-state index contributed by atoms with van der Waals surface area (Å²) in [5.41, 5.74) is 8.51. The molecule has 0 amide bonds.